The molecule has 11 aromatic rings. The lowest BCUT2D eigenvalue weighted by Crippen LogP contribution is -2.61. The number of aryl methyl sites for hydroxylation is 1. The summed E-state index contributed by atoms with van der Waals surface area (Å²) in [6, 6.07) is 80.4. The Bertz CT molecular complexity index is 3920. The number of hydrogen-bond donors (Lipinski definition) is 0. The third-order valence-corrected chi connectivity index (χ3v) is 15.6. The number of anilines is 8. The molecule has 0 saturated carbocycles. The van der Waals surface area contributed by atoms with Gasteiger partial charge in [-0.2, -0.15) is 0 Å². The second-order valence-corrected chi connectivity index (χ2v) is 21.1. The molecule has 0 fully saturated rings. The molecule has 0 amide bonds. The van der Waals surface area contributed by atoms with Crippen LogP contribution in [0.4, 0.5) is 45.5 Å². The van der Waals surface area contributed by atoms with E-state index in [2.05, 4.69) is 288 Å². The van der Waals surface area contributed by atoms with Gasteiger partial charge in [0.25, 0.3) is 6.71 Å². The van der Waals surface area contributed by atoms with Crippen LogP contribution < -0.4 is 31.1 Å². The Morgan fingerprint density at radius 1 is 0.493 bits per heavy atom. The van der Waals surface area contributed by atoms with Crippen LogP contribution in [0.1, 0.15) is 32.8 Å². The normalized spacial score (nSPS) is 14.6. The number of rotatable bonds is 8. The molecular weight excluding hydrogens is 886 g/mol. The van der Waals surface area contributed by atoms with E-state index in [1.807, 2.05) is 0 Å². The van der Waals surface area contributed by atoms with Gasteiger partial charge in [0.1, 0.15) is 0 Å². The SMILES string of the molecule is Cc1cc2c3c(c1)-n1c4c(ccc(N(c5ccccc5)c5ccccc5)c4c4c1c1ccccc1n4-c1ccccc1)B3c1ccc(N(c3ccccc3)c3ccccc3)cc1N2C1=CC(C(C)(C)C)CC=C1. The number of benzene rings is 9. The molecule has 6 heteroatoms. The first-order chi connectivity index (χ1) is 35.8. The summed E-state index contributed by atoms with van der Waals surface area (Å²) in [4.78, 5) is 7.48. The van der Waals surface area contributed by atoms with Gasteiger partial charge in [0.15, 0.2) is 0 Å². The molecule has 3 aliphatic rings. The van der Waals surface area contributed by atoms with Crippen LogP contribution in [0.2, 0.25) is 0 Å². The van der Waals surface area contributed by atoms with E-state index in [4.69, 9.17) is 0 Å². The van der Waals surface area contributed by atoms with Crippen molar-refractivity contribution in [2.24, 2.45) is 11.3 Å². The molecule has 4 heterocycles. The second-order valence-electron chi connectivity index (χ2n) is 21.1. The van der Waals surface area contributed by atoms with Crippen LogP contribution in [-0.4, -0.2) is 15.8 Å². The number of hydrogen-bond acceptors (Lipinski definition) is 3. The van der Waals surface area contributed by atoms with Crippen molar-refractivity contribution in [1.29, 1.82) is 0 Å². The van der Waals surface area contributed by atoms with Gasteiger partial charge >= 0.3 is 0 Å². The quantitative estimate of drug-likeness (QED) is 0.142. The monoisotopic (exact) mass is 939 g/mol. The van der Waals surface area contributed by atoms with E-state index in [1.165, 1.54) is 77.6 Å². The number of allylic oxidation sites excluding steroid dienone is 3. The first-order valence-electron chi connectivity index (χ1n) is 25.8. The third kappa shape index (κ3) is 6.70. The van der Waals surface area contributed by atoms with E-state index in [1.54, 1.807) is 0 Å². The van der Waals surface area contributed by atoms with Crippen LogP contribution in [0.3, 0.4) is 0 Å². The van der Waals surface area contributed by atoms with Crippen LogP contribution >= 0.6 is 0 Å². The molecule has 2 aromatic heterocycles. The van der Waals surface area contributed by atoms with Crippen molar-refractivity contribution in [3.05, 3.63) is 248 Å². The average molecular weight is 940 g/mol. The van der Waals surface area contributed by atoms with E-state index in [-0.39, 0.29) is 12.1 Å². The molecule has 1 unspecified atom stereocenters. The van der Waals surface area contributed by atoms with Gasteiger partial charge in [-0.15, -0.1) is 0 Å². The highest BCUT2D eigenvalue weighted by molar-refractivity contribution is 7.00. The minimum absolute atomic E-state index is 0.0687. The van der Waals surface area contributed by atoms with Gasteiger partial charge < -0.3 is 23.8 Å². The number of fused-ring (bicyclic) bond motifs is 9. The van der Waals surface area contributed by atoms with Gasteiger partial charge in [0.05, 0.1) is 27.8 Å². The van der Waals surface area contributed by atoms with Crippen LogP contribution in [0.5, 0.6) is 0 Å². The fourth-order valence-electron chi connectivity index (χ4n) is 12.4. The average Bonchev–Trinajstić information content (AvgIpc) is 3.95. The van der Waals surface area contributed by atoms with Crippen LogP contribution in [0, 0.1) is 18.3 Å². The van der Waals surface area contributed by atoms with Crippen molar-refractivity contribution in [1.82, 2.24) is 9.13 Å². The van der Waals surface area contributed by atoms with Gasteiger partial charge in [-0.05, 0) is 150 Å². The first-order valence-corrected chi connectivity index (χ1v) is 25.8. The summed E-state index contributed by atoms with van der Waals surface area (Å²) in [6.07, 6.45) is 8.36. The topological polar surface area (TPSA) is 19.6 Å². The predicted octanol–water partition coefficient (Wildman–Crippen LogP) is 15.8. The van der Waals surface area contributed by atoms with Crippen LogP contribution in [-0.2, 0) is 0 Å². The molecule has 14 rings (SSSR count). The van der Waals surface area contributed by atoms with Gasteiger partial charge in [-0.1, -0.05) is 154 Å². The number of aromatic nitrogens is 2. The van der Waals surface area contributed by atoms with E-state index in [0.29, 0.717) is 5.92 Å². The summed E-state index contributed by atoms with van der Waals surface area (Å²) >= 11 is 0. The summed E-state index contributed by atoms with van der Waals surface area (Å²) in [6.45, 7) is 9.36. The molecule has 0 saturated heterocycles. The van der Waals surface area contributed by atoms with Crippen molar-refractivity contribution in [2.75, 3.05) is 14.7 Å². The van der Waals surface area contributed by atoms with Crippen molar-refractivity contribution >= 4 is 101 Å². The van der Waals surface area contributed by atoms with Gasteiger partial charge in [-0.25, -0.2) is 0 Å². The molecule has 9 aromatic carbocycles. The van der Waals surface area contributed by atoms with E-state index in [0.717, 1.165) is 46.2 Å². The van der Waals surface area contributed by atoms with Crippen molar-refractivity contribution in [3.8, 4) is 11.4 Å². The van der Waals surface area contributed by atoms with Crippen LogP contribution in [0.25, 0.3) is 44.2 Å². The van der Waals surface area contributed by atoms with E-state index < -0.39 is 0 Å². The van der Waals surface area contributed by atoms with Crippen molar-refractivity contribution < 1.29 is 0 Å². The van der Waals surface area contributed by atoms with Gasteiger partial charge in [0, 0.05) is 67.7 Å². The molecular formula is C67H54BN5. The zero-order valence-electron chi connectivity index (χ0n) is 41.6. The number of nitrogens with zero attached hydrogens (tertiary/aromatic N) is 5. The standard InChI is InChI=1S/C67H54BN5/c1-45-41-60-63-61(42-45)73-64-54-35-20-21-36-57(54)72(51-32-18-9-19-33-51)66(64)62-58(70(49-28-14-7-15-29-49)50-30-16-8-17-31-50)40-39-56(65(62)73)68(63)55-38-37-53(69(47-24-10-5-11-25-47)48-26-12-6-13-27-48)44-59(55)71(60)52-34-22-23-46(43-52)67(2,3)4/h5-22,24-44,46H,23H2,1-4H3. The molecule has 1 atom stereocenters. The molecule has 0 radical (unpaired) electrons. The Morgan fingerprint density at radius 2 is 1.05 bits per heavy atom. The second kappa shape index (κ2) is 16.7. The minimum atomic E-state index is -0.0687. The highest BCUT2D eigenvalue weighted by atomic mass is 15.2. The Morgan fingerprint density at radius 3 is 1.68 bits per heavy atom. The van der Waals surface area contributed by atoms with Crippen LogP contribution in [0.15, 0.2) is 242 Å². The molecule has 350 valence electrons. The smallest absolute Gasteiger partial charge is 0.252 e. The highest BCUT2D eigenvalue weighted by Gasteiger charge is 2.44. The predicted molar refractivity (Wildman–Crippen MR) is 310 cm³/mol. The molecule has 1 aliphatic carbocycles. The lowest BCUT2D eigenvalue weighted by atomic mass is 9.33. The molecule has 73 heavy (non-hydrogen) atoms. The molecule has 0 bridgehead atoms. The maximum absolute atomic E-state index is 2.66. The fraction of sp³-hybridized carbons (Fsp3) is 0.104. The molecule has 0 spiro atoms. The molecule has 2 aliphatic heterocycles. The lowest BCUT2D eigenvalue weighted by Gasteiger charge is -2.43. The highest BCUT2D eigenvalue weighted by Crippen LogP contribution is 2.50. The summed E-state index contributed by atoms with van der Waals surface area (Å²) in [5.74, 6) is 0.367. The first kappa shape index (κ1) is 43.1. The Balaban J connectivity index is 1.13. The fourth-order valence-corrected chi connectivity index (χ4v) is 12.4. The van der Waals surface area contributed by atoms with Gasteiger partial charge in [-0.3, -0.25) is 0 Å². The summed E-state index contributed by atoms with van der Waals surface area (Å²) in [7, 11) is 0. The molecule has 5 nitrogen and oxygen atoms in total. The maximum Gasteiger partial charge on any atom is 0.252 e. The molecule has 0 N–H and O–H groups in total. The minimum Gasteiger partial charge on any atom is -0.312 e. The largest absolute Gasteiger partial charge is 0.312 e. The Hall–Kier alpha value is -8.74. The van der Waals surface area contributed by atoms with Crippen molar-refractivity contribution in [2.45, 2.75) is 34.1 Å². The Labute approximate surface area is 427 Å². The van der Waals surface area contributed by atoms with E-state index in [9.17, 15) is 0 Å². The summed E-state index contributed by atoms with van der Waals surface area (Å²) in [5, 5.41) is 2.44. The zero-order valence-corrected chi connectivity index (χ0v) is 41.6. The zero-order chi connectivity index (χ0) is 49.0. The maximum atomic E-state index is 2.66. The van der Waals surface area contributed by atoms with E-state index >= 15 is 0 Å². The van der Waals surface area contributed by atoms with Gasteiger partial charge in [0.2, 0.25) is 0 Å². The number of para-hydroxylation sites is 6. The lowest BCUT2D eigenvalue weighted by molar-refractivity contribution is 0.292. The summed E-state index contributed by atoms with van der Waals surface area (Å²) < 4.78 is 5.19. The Kier molecular flexibility index (Phi) is 9.84. The summed E-state index contributed by atoms with van der Waals surface area (Å²) in [5.41, 5.74) is 22.8. The third-order valence-electron chi connectivity index (χ3n) is 15.6. The van der Waals surface area contributed by atoms with Crippen molar-refractivity contribution in [3.63, 3.8) is 0 Å².